The van der Waals surface area contributed by atoms with Crippen LogP contribution in [0.1, 0.15) is 18.2 Å². The van der Waals surface area contributed by atoms with Crippen LogP contribution in [0.2, 0.25) is 0 Å². The number of nitrogens with zero attached hydrogens (tertiary/aromatic N) is 2. The van der Waals surface area contributed by atoms with Crippen LogP contribution in [0.3, 0.4) is 0 Å². The zero-order chi connectivity index (χ0) is 16.5. The highest BCUT2D eigenvalue weighted by Crippen LogP contribution is 2.32. The number of phosphoric ester groups is 1. The monoisotopic (exact) mass is 335 g/mol. The Morgan fingerprint density at radius 3 is 2.86 bits per heavy atom. The molecule has 0 spiro atoms. The van der Waals surface area contributed by atoms with Crippen LogP contribution in [0.25, 0.3) is 0 Å². The van der Waals surface area contributed by atoms with Crippen LogP contribution in [-0.2, 0) is 20.4 Å². The van der Waals surface area contributed by atoms with Gasteiger partial charge in [-0.3, -0.25) is 4.57 Å². The smallest absolute Gasteiger partial charge is 0.351 e. The predicted molar refractivity (Wildman–Crippen MR) is 66.9 cm³/mol. The first-order chi connectivity index (χ1) is 10.2. The highest BCUT2D eigenvalue weighted by molar-refractivity contribution is 7.43. The van der Waals surface area contributed by atoms with Gasteiger partial charge in [-0.15, -0.1) is 0 Å². The Bertz CT molecular complexity index is 644. The third-order valence-electron chi connectivity index (χ3n) is 3.14. The highest BCUT2D eigenvalue weighted by atomic mass is 31.2. The van der Waals surface area contributed by atoms with Crippen molar-refractivity contribution in [2.24, 2.45) is 0 Å². The van der Waals surface area contributed by atoms with Gasteiger partial charge in [0.15, 0.2) is 0 Å². The first kappa shape index (κ1) is 17.0. The highest BCUT2D eigenvalue weighted by Gasteiger charge is 2.36. The van der Waals surface area contributed by atoms with Gasteiger partial charge in [0.05, 0.1) is 27.1 Å². The van der Waals surface area contributed by atoms with E-state index in [0.717, 1.165) is 4.57 Å². The van der Waals surface area contributed by atoms with E-state index in [1.807, 2.05) is 0 Å². The lowest BCUT2D eigenvalue weighted by atomic mass is 10.2. The van der Waals surface area contributed by atoms with Crippen LogP contribution in [0, 0.1) is 0 Å². The Kier molecular flexibility index (Phi) is 4.97. The van der Waals surface area contributed by atoms with E-state index in [2.05, 4.69) is 9.51 Å². The summed E-state index contributed by atoms with van der Waals surface area (Å²) in [5.74, 6) is -0.124. The molecule has 124 valence electrons. The van der Waals surface area contributed by atoms with Crippen LogP contribution in [0.4, 0.5) is 5.82 Å². The molecular formula is C10H14N3O8P-2. The molecule has 3 atom stereocenters. The topological polar surface area (TPSA) is 183 Å². The zero-order valence-electron chi connectivity index (χ0n) is 11.2. The molecule has 4 N–H and O–H groups in total. The van der Waals surface area contributed by atoms with E-state index in [4.69, 9.17) is 15.6 Å². The molecule has 1 aliphatic heterocycles. The lowest BCUT2D eigenvalue weighted by Gasteiger charge is -2.30. The summed E-state index contributed by atoms with van der Waals surface area (Å²) in [5.41, 5.74) is 4.89. The van der Waals surface area contributed by atoms with Crippen LogP contribution in [0.15, 0.2) is 11.0 Å². The number of hydrogen-bond donors (Lipinski definition) is 3. The van der Waals surface area contributed by atoms with Crippen molar-refractivity contribution in [3.05, 3.63) is 22.2 Å². The SMILES string of the molecule is Nc1nc(=O)n([C@H]2C[C@H](O)[C@@H](COP(=O)([O-])[O-])O2)cc1CO. The average molecular weight is 335 g/mol. The molecule has 0 bridgehead atoms. The molecule has 11 nitrogen and oxygen atoms in total. The van der Waals surface area contributed by atoms with Gasteiger partial charge in [-0.1, -0.05) is 0 Å². The molecule has 1 aromatic heterocycles. The van der Waals surface area contributed by atoms with Crippen molar-refractivity contribution in [1.29, 1.82) is 0 Å². The molecule has 0 unspecified atom stereocenters. The molecule has 2 heterocycles. The number of aliphatic hydroxyl groups is 2. The fourth-order valence-electron chi connectivity index (χ4n) is 2.05. The molecule has 0 aromatic carbocycles. The molecule has 22 heavy (non-hydrogen) atoms. The number of rotatable bonds is 5. The Hall–Kier alpha value is -1.33. The molecule has 2 rings (SSSR count). The fourth-order valence-corrected chi connectivity index (χ4v) is 2.38. The van der Waals surface area contributed by atoms with Gasteiger partial charge < -0.3 is 39.6 Å². The largest absolute Gasteiger partial charge is 0.790 e. The number of aromatic nitrogens is 2. The Morgan fingerprint density at radius 1 is 1.59 bits per heavy atom. The van der Waals surface area contributed by atoms with Gasteiger partial charge in [0.25, 0.3) is 0 Å². The summed E-state index contributed by atoms with van der Waals surface area (Å²) in [5, 5.41) is 18.9. The summed E-state index contributed by atoms with van der Waals surface area (Å²) in [7, 11) is -5.19. The van der Waals surface area contributed by atoms with Gasteiger partial charge >= 0.3 is 5.69 Å². The normalized spacial score (nSPS) is 25.5. The summed E-state index contributed by atoms with van der Waals surface area (Å²) < 4.78 is 20.8. The minimum absolute atomic E-state index is 0.0492. The molecule has 1 aliphatic rings. The lowest BCUT2D eigenvalue weighted by Crippen LogP contribution is -2.30. The Balaban J connectivity index is 2.15. The third kappa shape index (κ3) is 3.90. The second kappa shape index (κ2) is 6.42. The van der Waals surface area contributed by atoms with Gasteiger partial charge in [0.2, 0.25) is 0 Å². The number of nitrogen functional groups attached to an aromatic ring is 1. The van der Waals surface area contributed by atoms with Crippen molar-refractivity contribution in [1.82, 2.24) is 9.55 Å². The van der Waals surface area contributed by atoms with Gasteiger partial charge in [-0.25, -0.2) is 4.79 Å². The zero-order valence-corrected chi connectivity index (χ0v) is 12.1. The minimum Gasteiger partial charge on any atom is -0.790 e. The van der Waals surface area contributed by atoms with E-state index in [-0.39, 0.29) is 17.8 Å². The molecule has 1 fully saturated rings. The van der Waals surface area contributed by atoms with Crippen molar-refractivity contribution < 1.29 is 33.8 Å². The molecule has 12 heteroatoms. The van der Waals surface area contributed by atoms with Crippen molar-refractivity contribution >= 4 is 13.6 Å². The van der Waals surface area contributed by atoms with Crippen molar-refractivity contribution in [3.8, 4) is 0 Å². The van der Waals surface area contributed by atoms with E-state index < -0.39 is 45.2 Å². The van der Waals surface area contributed by atoms with Gasteiger partial charge in [0.1, 0.15) is 18.1 Å². The molecule has 0 saturated carbocycles. The maximum atomic E-state index is 11.8. The van der Waals surface area contributed by atoms with E-state index in [0.29, 0.717) is 0 Å². The van der Waals surface area contributed by atoms with Gasteiger partial charge in [0, 0.05) is 18.2 Å². The summed E-state index contributed by atoms with van der Waals surface area (Å²) in [6.07, 6.45) is -2.00. The standard InChI is InChI=1S/C10H16N3O8P/c11-9-5(3-14)2-13(10(16)12-9)8-1-6(15)7(21-8)4-20-22(17,18)19/h2,6-8,14-15H,1,3-4H2,(H2,11,12,16)(H2,17,18,19)/p-2/t6-,7+,8+/m0/s1. The molecule has 0 radical (unpaired) electrons. The molecule has 0 amide bonds. The summed E-state index contributed by atoms with van der Waals surface area (Å²) in [6.45, 7) is -1.11. The van der Waals surface area contributed by atoms with Crippen LogP contribution in [-0.4, -0.2) is 38.6 Å². The summed E-state index contributed by atoms with van der Waals surface area (Å²) in [6, 6.07) is 0. The van der Waals surface area contributed by atoms with Crippen molar-refractivity contribution in [2.75, 3.05) is 12.3 Å². The van der Waals surface area contributed by atoms with Crippen molar-refractivity contribution in [2.45, 2.75) is 31.5 Å². The van der Waals surface area contributed by atoms with Crippen LogP contribution >= 0.6 is 7.82 Å². The van der Waals surface area contributed by atoms with Gasteiger partial charge in [-0.2, -0.15) is 4.98 Å². The van der Waals surface area contributed by atoms with E-state index >= 15 is 0 Å². The third-order valence-corrected chi connectivity index (χ3v) is 3.61. The number of hydrogen-bond acceptors (Lipinski definition) is 10. The predicted octanol–water partition coefficient (Wildman–Crippen LogP) is -3.19. The second-order valence-electron chi connectivity index (χ2n) is 4.67. The van der Waals surface area contributed by atoms with Crippen LogP contribution in [0.5, 0.6) is 0 Å². The van der Waals surface area contributed by atoms with Crippen LogP contribution < -0.4 is 21.2 Å². The number of anilines is 1. The Morgan fingerprint density at radius 2 is 2.27 bits per heavy atom. The lowest BCUT2D eigenvalue weighted by molar-refractivity contribution is -0.343. The molecule has 0 aliphatic carbocycles. The number of aliphatic hydroxyl groups excluding tert-OH is 2. The molecular weight excluding hydrogens is 321 g/mol. The Labute approximate surface area is 124 Å². The average Bonchev–Trinajstić information content (AvgIpc) is 2.77. The fraction of sp³-hybridized carbons (Fsp3) is 0.600. The second-order valence-corrected chi connectivity index (χ2v) is 5.83. The number of phosphoric acid groups is 1. The van der Waals surface area contributed by atoms with Gasteiger partial charge in [-0.05, 0) is 0 Å². The maximum Gasteiger partial charge on any atom is 0.351 e. The van der Waals surface area contributed by atoms with E-state index in [1.165, 1.54) is 6.20 Å². The molecule has 1 saturated heterocycles. The maximum absolute atomic E-state index is 11.8. The van der Waals surface area contributed by atoms with E-state index in [9.17, 15) is 24.3 Å². The van der Waals surface area contributed by atoms with Crippen molar-refractivity contribution in [3.63, 3.8) is 0 Å². The first-order valence-electron chi connectivity index (χ1n) is 6.20. The summed E-state index contributed by atoms with van der Waals surface area (Å²) >= 11 is 0. The van der Waals surface area contributed by atoms with E-state index in [1.54, 1.807) is 0 Å². The first-order valence-corrected chi connectivity index (χ1v) is 7.66. The number of ether oxygens (including phenoxy) is 1. The minimum atomic E-state index is -5.19. The quantitative estimate of drug-likeness (QED) is 0.463. The molecule has 1 aromatic rings. The summed E-state index contributed by atoms with van der Waals surface area (Å²) in [4.78, 5) is 36.1. The number of nitrogens with two attached hydrogens (primary N) is 1.